The molecule has 1 aromatic rings. The molecule has 3 N–H and O–H groups in total. The van der Waals surface area contributed by atoms with Gasteiger partial charge >= 0.3 is 0 Å². The fourth-order valence-corrected chi connectivity index (χ4v) is 4.36. The van der Waals surface area contributed by atoms with Crippen molar-refractivity contribution in [1.82, 2.24) is 15.3 Å². The van der Waals surface area contributed by atoms with E-state index in [0.29, 0.717) is 12.3 Å². The molecule has 6 nitrogen and oxygen atoms in total. The molecule has 1 saturated carbocycles. The Balaban J connectivity index is 1.69. The Morgan fingerprint density at radius 3 is 2.63 bits per heavy atom. The molecule has 1 aliphatic carbocycles. The molecule has 2 fully saturated rings. The Morgan fingerprint density at radius 2 is 1.96 bits per heavy atom. The molecule has 0 aromatic carbocycles. The van der Waals surface area contributed by atoms with Gasteiger partial charge in [0.25, 0.3) is 0 Å². The Hall–Kier alpha value is -1.08. The number of nitrogens with one attached hydrogen (secondary N) is 1. The van der Waals surface area contributed by atoms with Crippen LogP contribution in [-0.2, 0) is 16.6 Å². The first-order valence-electron chi connectivity index (χ1n) is 10.3. The van der Waals surface area contributed by atoms with Crippen LogP contribution in [0.1, 0.15) is 51.6 Å². The van der Waals surface area contributed by atoms with E-state index >= 15 is 0 Å². The van der Waals surface area contributed by atoms with Gasteiger partial charge in [-0.15, -0.1) is 0 Å². The molecule has 1 saturated heterocycles. The molecular formula is C21H35N3O3. The minimum absolute atomic E-state index is 0.0124. The van der Waals surface area contributed by atoms with Crippen LogP contribution in [0.25, 0.3) is 0 Å². The highest BCUT2D eigenvalue weighted by Gasteiger charge is 2.42. The van der Waals surface area contributed by atoms with E-state index in [9.17, 15) is 10.2 Å². The van der Waals surface area contributed by atoms with Gasteiger partial charge in [0, 0.05) is 49.1 Å². The molecule has 2 aliphatic rings. The van der Waals surface area contributed by atoms with Gasteiger partial charge < -0.3 is 20.3 Å². The molecule has 27 heavy (non-hydrogen) atoms. The maximum absolute atomic E-state index is 10.5. The van der Waals surface area contributed by atoms with Crippen LogP contribution in [-0.4, -0.2) is 58.7 Å². The van der Waals surface area contributed by atoms with Crippen LogP contribution in [0, 0.1) is 17.8 Å². The second kappa shape index (κ2) is 8.95. The van der Waals surface area contributed by atoms with Crippen molar-refractivity contribution in [2.45, 2.75) is 64.0 Å². The van der Waals surface area contributed by atoms with Gasteiger partial charge in [-0.1, -0.05) is 20.8 Å². The van der Waals surface area contributed by atoms with E-state index in [1.165, 1.54) is 0 Å². The predicted molar refractivity (Wildman–Crippen MR) is 104 cm³/mol. The van der Waals surface area contributed by atoms with Crippen molar-refractivity contribution in [3.63, 3.8) is 0 Å². The number of hydrogen-bond donors (Lipinski definition) is 3. The molecule has 152 valence electrons. The van der Waals surface area contributed by atoms with Gasteiger partial charge in [-0.2, -0.15) is 0 Å². The molecule has 1 aromatic heterocycles. The molecule has 2 heterocycles. The van der Waals surface area contributed by atoms with E-state index in [-0.39, 0.29) is 29.9 Å². The van der Waals surface area contributed by atoms with E-state index in [1.54, 1.807) is 0 Å². The summed E-state index contributed by atoms with van der Waals surface area (Å²) in [4.78, 5) is 9.19. The Kier molecular flexibility index (Phi) is 6.84. The lowest BCUT2D eigenvalue weighted by molar-refractivity contribution is 0.0642. The fourth-order valence-electron chi connectivity index (χ4n) is 4.36. The molecule has 0 radical (unpaired) electrons. The zero-order valence-electron chi connectivity index (χ0n) is 16.9. The van der Waals surface area contributed by atoms with Crippen molar-refractivity contribution in [3.05, 3.63) is 23.8 Å². The van der Waals surface area contributed by atoms with E-state index < -0.39 is 6.10 Å². The first-order valence-corrected chi connectivity index (χ1v) is 10.3. The first-order chi connectivity index (χ1) is 12.9. The number of rotatable bonds is 6. The summed E-state index contributed by atoms with van der Waals surface area (Å²) in [7, 11) is 0. The zero-order valence-corrected chi connectivity index (χ0v) is 16.9. The molecular weight excluding hydrogens is 342 g/mol. The fraction of sp³-hybridized carbons (Fsp3) is 0.810. The Bertz CT molecular complexity index is 599. The summed E-state index contributed by atoms with van der Waals surface area (Å²) >= 11 is 0. The number of aliphatic hydroxyl groups is 2. The van der Waals surface area contributed by atoms with Gasteiger partial charge in [0.15, 0.2) is 0 Å². The second-order valence-corrected chi connectivity index (χ2v) is 9.21. The summed E-state index contributed by atoms with van der Waals surface area (Å²) in [6, 6.07) is 2.16. The molecule has 6 heteroatoms. The van der Waals surface area contributed by atoms with Gasteiger partial charge in [-0.25, -0.2) is 9.97 Å². The number of nitrogens with zero attached hydrogens (tertiary/aromatic N) is 2. The van der Waals surface area contributed by atoms with Gasteiger partial charge in [-0.05, 0) is 50.1 Å². The lowest BCUT2D eigenvalue weighted by Crippen LogP contribution is -2.40. The minimum Gasteiger partial charge on any atom is -0.396 e. The summed E-state index contributed by atoms with van der Waals surface area (Å²) in [6.07, 6.45) is 4.99. The Labute approximate surface area is 162 Å². The van der Waals surface area contributed by atoms with Crippen molar-refractivity contribution < 1.29 is 14.9 Å². The van der Waals surface area contributed by atoms with Crippen LogP contribution in [0.5, 0.6) is 0 Å². The molecule has 1 aliphatic heterocycles. The van der Waals surface area contributed by atoms with Crippen molar-refractivity contribution in [3.8, 4) is 0 Å². The SMILES string of the molecule is CC(C)(C)c1nccc(CC2C(NCC3CCOCC3)CC(O)C2CO)n1. The standard InChI is InChI=1S/C21H35N3O3/c1-21(2,3)20-22-7-4-15(24-20)10-16-17(13-25)19(26)11-18(16)23-12-14-5-8-27-9-6-14/h4,7,14,16-19,23,25-26H,5-6,8-13H2,1-3H3. The lowest BCUT2D eigenvalue weighted by atomic mass is 9.88. The lowest BCUT2D eigenvalue weighted by Gasteiger charge is -2.28. The highest BCUT2D eigenvalue weighted by Crippen LogP contribution is 2.35. The quantitative estimate of drug-likeness (QED) is 0.699. The average Bonchev–Trinajstić information content (AvgIpc) is 2.95. The van der Waals surface area contributed by atoms with Gasteiger partial charge in [0.2, 0.25) is 0 Å². The highest BCUT2D eigenvalue weighted by molar-refractivity contribution is 5.11. The third-order valence-electron chi connectivity index (χ3n) is 6.11. The summed E-state index contributed by atoms with van der Waals surface area (Å²) in [5, 5.41) is 24.0. The highest BCUT2D eigenvalue weighted by atomic mass is 16.5. The molecule has 0 amide bonds. The number of ether oxygens (including phenoxy) is 1. The molecule has 3 rings (SSSR count). The van der Waals surface area contributed by atoms with Crippen molar-refractivity contribution in [2.75, 3.05) is 26.4 Å². The summed E-state index contributed by atoms with van der Waals surface area (Å²) in [5.74, 6) is 1.54. The summed E-state index contributed by atoms with van der Waals surface area (Å²) in [6.45, 7) is 8.99. The van der Waals surface area contributed by atoms with Crippen molar-refractivity contribution in [2.24, 2.45) is 17.8 Å². The minimum atomic E-state index is -0.462. The predicted octanol–water partition coefficient (Wildman–Crippen LogP) is 1.69. The smallest absolute Gasteiger partial charge is 0.133 e. The number of aromatic nitrogens is 2. The van der Waals surface area contributed by atoms with Crippen LogP contribution >= 0.6 is 0 Å². The number of aliphatic hydroxyl groups excluding tert-OH is 2. The van der Waals surface area contributed by atoms with Crippen LogP contribution in [0.4, 0.5) is 0 Å². The second-order valence-electron chi connectivity index (χ2n) is 9.21. The van der Waals surface area contributed by atoms with Crippen LogP contribution in [0.2, 0.25) is 0 Å². The zero-order chi connectivity index (χ0) is 19.4. The molecule has 0 bridgehead atoms. The molecule has 4 atom stereocenters. The summed E-state index contributed by atoms with van der Waals surface area (Å²) in [5.41, 5.74) is 0.896. The van der Waals surface area contributed by atoms with E-state index in [1.807, 2.05) is 12.3 Å². The third kappa shape index (κ3) is 5.25. The maximum Gasteiger partial charge on any atom is 0.133 e. The Morgan fingerprint density at radius 1 is 1.22 bits per heavy atom. The largest absolute Gasteiger partial charge is 0.396 e. The van der Waals surface area contributed by atoms with Gasteiger partial charge in [0.1, 0.15) is 5.82 Å². The molecule has 4 unspecified atom stereocenters. The van der Waals surface area contributed by atoms with Crippen LogP contribution in [0.3, 0.4) is 0 Å². The first kappa shape index (κ1) is 20.6. The van der Waals surface area contributed by atoms with Gasteiger partial charge in [0.05, 0.1) is 6.10 Å². The maximum atomic E-state index is 10.5. The van der Waals surface area contributed by atoms with Crippen molar-refractivity contribution >= 4 is 0 Å². The normalized spacial score (nSPS) is 30.0. The van der Waals surface area contributed by atoms with E-state index in [2.05, 4.69) is 31.1 Å². The van der Waals surface area contributed by atoms with E-state index in [4.69, 9.17) is 9.72 Å². The molecule has 0 spiro atoms. The number of hydrogen-bond acceptors (Lipinski definition) is 6. The van der Waals surface area contributed by atoms with Crippen LogP contribution in [0.15, 0.2) is 12.3 Å². The van der Waals surface area contributed by atoms with Crippen molar-refractivity contribution in [1.29, 1.82) is 0 Å². The van der Waals surface area contributed by atoms with E-state index in [0.717, 1.165) is 50.5 Å². The van der Waals surface area contributed by atoms with Gasteiger partial charge in [-0.3, -0.25) is 0 Å². The monoisotopic (exact) mass is 377 g/mol. The topological polar surface area (TPSA) is 87.5 Å². The average molecular weight is 378 g/mol. The summed E-state index contributed by atoms with van der Waals surface area (Å²) < 4.78 is 5.45. The van der Waals surface area contributed by atoms with Crippen LogP contribution < -0.4 is 5.32 Å². The third-order valence-corrected chi connectivity index (χ3v) is 6.11.